The third kappa shape index (κ3) is 61.8. The molecule has 0 bridgehead atoms. The molecule has 13 fully saturated rings. The van der Waals surface area contributed by atoms with E-state index < -0.39 is 0 Å². The SMILES string of the molecule is CC(C)N1CCC(CN)CC1.CC(C)N1CCC(CO)CC1.CC(C)N1CCC(N(C)C)C1.CC(C)N1CCC(N(C)C)CC1.CC(C)N1CCC(N)C1.CC(C)N1CCC(N)CC1.CC(C)N1CCC(O)C1.CC(C)N1CCC(O)CC1.CC(C)N1CCCC1.CC(C)N1CCN(CCN(C)C)CC1.CC(C)N1CCNCC1.CC1CN(C(C)C)CCN1.CNC(=O)C1CCN(C(C)C)CC1. The van der Waals surface area contributed by atoms with Crippen molar-refractivity contribution >= 4 is 5.91 Å². The Morgan fingerprint density at radius 2 is 0.635 bits per heavy atom. The number of piperidine rings is 6. The average molecular weight is 1950 g/mol. The molecule has 13 heterocycles. The molecule has 13 aliphatic heterocycles. The highest BCUT2D eigenvalue weighted by Crippen LogP contribution is 2.24. The fraction of sp³-hybridized carbons (Fsp3) is 0.991. The van der Waals surface area contributed by atoms with Crippen molar-refractivity contribution in [1.29, 1.82) is 0 Å². The number of hydrogen-bond donors (Lipinski definition) is 9. The number of likely N-dealkylation sites (N-methyl/N-ethyl adjacent to an activating group) is 2. The molecule has 27 heteroatoms. The number of nitrogens with one attached hydrogen (secondary N) is 3. The molecule has 820 valence electrons. The van der Waals surface area contributed by atoms with Gasteiger partial charge in [0, 0.05) is 259 Å². The molecule has 0 aromatic heterocycles. The van der Waals surface area contributed by atoms with Crippen LogP contribution in [-0.2, 0) is 4.79 Å². The van der Waals surface area contributed by atoms with Crippen molar-refractivity contribution in [2.24, 2.45) is 35.0 Å². The number of carbonyl (C=O) groups is 1. The molecular weight excluding hydrogens is 1710 g/mol. The van der Waals surface area contributed by atoms with Gasteiger partial charge in [0.2, 0.25) is 5.91 Å². The number of aliphatic hydroxyl groups excluding tert-OH is 3. The van der Waals surface area contributed by atoms with E-state index in [4.69, 9.17) is 27.4 Å². The minimum absolute atomic E-state index is 0.0324. The molecule has 0 radical (unpaired) electrons. The number of rotatable bonds is 21. The monoisotopic (exact) mass is 1950 g/mol. The quantitative estimate of drug-likeness (QED) is 0.0518. The van der Waals surface area contributed by atoms with Crippen LogP contribution in [-0.4, -0.2) is 504 Å². The minimum atomic E-state index is -0.0626. The maximum Gasteiger partial charge on any atom is 0.222 e. The summed E-state index contributed by atoms with van der Waals surface area (Å²) >= 11 is 0. The summed E-state index contributed by atoms with van der Waals surface area (Å²) < 4.78 is 0. The Labute approximate surface area is 851 Å². The maximum absolute atomic E-state index is 11.3. The standard InChI is InChI=1S/C11H25N3.C10H20N2O.C10H22N2.2C9H20N2.C9H19NO.2C8H18N2.C8H17NO.2C7H16N2.C7H15NO.C7H15N/c1-11(2)14-9-7-13(8-10-14)6-5-12(3)4;1-8(2)12-6-4-9(5-7-12)10(13)11-3;1-9(2)12-7-5-10(6-8-12)11(3)4;1-8(2)11-6-5-9(7-11)10(3)4;1-8(2)11-5-3-9(7-10)4-6-11;1-8(2)10-5-3-9(7-11)4-6-10;1-7(2)10-5-4-9-8(3)6-10;1-7(2)10-5-3-8(9)4-6-10;1-7(2)9-5-3-8(10)4-6-9;1-7(2)9-5-3-8-4-6-9;1-6(2)9-4-3-7(8)5-9;1-6(2)8-4-3-7(9)5-8;1-7(2)8-5-3-4-6-8/h11H,5-10H2,1-4H3;8-9H,4-7H2,1-3H3,(H,11,13);9-10H,5-8H2,1-4H3;8-9H,5-7H2,1-4H3;8-9H,3-7,10H2,1-2H3;8-9,11H,3-7H2,1-2H3;7-9H,4-6H2,1-3H3;7-8H,3-6,9H2,1-2H3;7-8,10H,3-6H2,1-2H3;7-8H,3-6H2,1-2H3;6-7H,3-5,8H2,1-2H3;6-7,9H,3-5H2,1-2H3;7H,3-6H2,1-2H3. The van der Waals surface area contributed by atoms with E-state index in [2.05, 4.69) is 328 Å². The summed E-state index contributed by atoms with van der Waals surface area (Å²) in [6.45, 7) is 101. The Kier molecular flexibility index (Phi) is 74.9. The van der Waals surface area contributed by atoms with Crippen LogP contribution in [0.5, 0.6) is 0 Å². The highest BCUT2D eigenvalue weighted by molar-refractivity contribution is 5.78. The van der Waals surface area contributed by atoms with Gasteiger partial charge in [0.25, 0.3) is 0 Å². The number of hydrogen-bond acceptors (Lipinski definition) is 26. The number of nitrogens with zero attached hydrogens (tertiary/aromatic N) is 17. The highest BCUT2D eigenvalue weighted by Gasteiger charge is 2.31. The maximum atomic E-state index is 11.3. The summed E-state index contributed by atoms with van der Waals surface area (Å²) in [5.74, 6) is 1.83. The van der Waals surface area contributed by atoms with Gasteiger partial charge in [-0.3, -0.25) is 39.1 Å². The molecule has 1 amide bonds. The molecule has 13 rings (SSSR count). The molecule has 0 spiro atoms. The zero-order chi connectivity index (χ0) is 104. The van der Waals surface area contributed by atoms with Crippen LogP contribution in [0.3, 0.4) is 0 Å². The van der Waals surface area contributed by atoms with Crippen LogP contribution >= 0.6 is 0 Å². The lowest BCUT2D eigenvalue weighted by Crippen LogP contribution is -2.51. The first-order chi connectivity index (χ1) is 64.5. The van der Waals surface area contributed by atoms with Crippen molar-refractivity contribution in [3.05, 3.63) is 0 Å². The van der Waals surface area contributed by atoms with E-state index in [9.17, 15) is 9.90 Å². The van der Waals surface area contributed by atoms with Crippen molar-refractivity contribution in [3.8, 4) is 0 Å². The smallest absolute Gasteiger partial charge is 0.222 e. The number of amides is 1. The van der Waals surface area contributed by atoms with Crippen LogP contribution in [0.15, 0.2) is 0 Å². The number of nitrogens with two attached hydrogens (primary N) is 3. The van der Waals surface area contributed by atoms with Crippen LogP contribution in [0.1, 0.15) is 296 Å². The second kappa shape index (κ2) is 76.9. The predicted octanol–water partition coefficient (Wildman–Crippen LogP) is 11.1. The number of β-amino-alcohol motifs (C(OH)–C–C–N with tert-alkyl or cyclic N) is 1. The minimum Gasteiger partial charge on any atom is -0.396 e. The van der Waals surface area contributed by atoms with E-state index in [1.807, 2.05) is 0 Å². The van der Waals surface area contributed by atoms with E-state index in [0.717, 1.165) is 146 Å². The third-order valence-electron chi connectivity index (χ3n) is 31.2. The summed E-state index contributed by atoms with van der Waals surface area (Å²) in [5, 5.41) is 36.7. The summed E-state index contributed by atoms with van der Waals surface area (Å²) in [6, 6.07) is 12.2. The molecule has 13 aliphatic rings. The number of aliphatic hydroxyl groups is 3. The zero-order valence-electron chi connectivity index (χ0n) is 97.1. The zero-order valence-corrected chi connectivity index (χ0v) is 97.1. The molecule has 137 heavy (non-hydrogen) atoms. The molecule has 0 aromatic carbocycles. The Morgan fingerprint density at radius 3 is 0.934 bits per heavy atom. The van der Waals surface area contributed by atoms with Gasteiger partial charge >= 0.3 is 0 Å². The molecule has 4 unspecified atom stereocenters. The Hall–Kier alpha value is -1.53. The Bertz CT molecular complexity index is 2610. The topological polar surface area (TPSA) is 247 Å². The first-order valence-corrected chi connectivity index (χ1v) is 56.7. The van der Waals surface area contributed by atoms with E-state index in [1.165, 1.54) is 228 Å². The normalized spacial score (nSPS) is 24.4. The lowest BCUT2D eigenvalue weighted by Gasteiger charge is -2.37. The van der Waals surface area contributed by atoms with Gasteiger partial charge in [0.15, 0.2) is 0 Å². The third-order valence-corrected chi connectivity index (χ3v) is 31.2. The van der Waals surface area contributed by atoms with Gasteiger partial charge < -0.3 is 97.5 Å². The second-order valence-corrected chi connectivity index (χ2v) is 46.8. The average Bonchev–Trinajstić information content (AvgIpc) is 1.78. The second-order valence-electron chi connectivity index (χ2n) is 46.8. The van der Waals surface area contributed by atoms with Gasteiger partial charge in [-0.1, -0.05) is 0 Å². The van der Waals surface area contributed by atoms with Gasteiger partial charge in [-0.25, -0.2) is 0 Å². The number of piperazine rings is 3. The van der Waals surface area contributed by atoms with Crippen LogP contribution < -0.4 is 33.2 Å². The lowest BCUT2D eigenvalue weighted by atomic mass is 9.95. The number of likely N-dealkylation sites (tertiary alicyclic amines) is 10. The number of carbonyl (C=O) groups excluding carboxylic acids is 1. The molecule has 12 N–H and O–H groups in total. The van der Waals surface area contributed by atoms with Gasteiger partial charge in [0.1, 0.15) is 0 Å². The van der Waals surface area contributed by atoms with Crippen LogP contribution in [0, 0.1) is 17.8 Å². The van der Waals surface area contributed by atoms with Gasteiger partial charge in [-0.15, -0.1) is 0 Å². The summed E-state index contributed by atoms with van der Waals surface area (Å²) in [5.41, 5.74) is 17.1. The summed E-state index contributed by atoms with van der Waals surface area (Å²) in [4.78, 5) is 53.1. The first-order valence-electron chi connectivity index (χ1n) is 56.7. The fourth-order valence-corrected chi connectivity index (χ4v) is 19.9. The highest BCUT2D eigenvalue weighted by atomic mass is 16.3. The van der Waals surface area contributed by atoms with Gasteiger partial charge in [-0.2, -0.15) is 0 Å². The van der Waals surface area contributed by atoms with Crippen LogP contribution in [0.4, 0.5) is 0 Å². The molecule has 27 nitrogen and oxygen atoms in total. The molecule has 0 aromatic rings. The Morgan fingerprint density at radius 1 is 0.336 bits per heavy atom. The molecule has 13 saturated heterocycles. The van der Waals surface area contributed by atoms with Gasteiger partial charge in [0.05, 0.1) is 12.2 Å². The van der Waals surface area contributed by atoms with Crippen LogP contribution in [0.2, 0.25) is 0 Å². The van der Waals surface area contributed by atoms with Crippen molar-refractivity contribution < 1.29 is 20.1 Å². The van der Waals surface area contributed by atoms with Crippen LogP contribution in [0.25, 0.3) is 0 Å². The summed E-state index contributed by atoms with van der Waals surface area (Å²) in [7, 11) is 14.7. The van der Waals surface area contributed by atoms with Crippen molar-refractivity contribution in [1.82, 2.24) is 99.2 Å². The molecule has 0 aliphatic carbocycles. The van der Waals surface area contributed by atoms with Gasteiger partial charge in [-0.05, 0) is 442 Å². The molecular formula is C110H241N23O4. The largest absolute Gasteiger partial charge is 0.396 e. The van der Waals surface area contributed by atoms with E-state index in [-0.39, 0.29) is 24.0 Å². The first kappa shape index (κ1) is 133. The van der Waals surface area contributed by atoms with Crippen molar-refractivity contribution in [3.63, 3.8) is 0 Å². The lowest BCUT2D eigenvalue weighted by molar-refractivity contribution is -0.126. The molecule has 0 saturated carbocycles. The van der Waals surface area contributed by atoms with Crippen molar-refractivity contribution in [2.45, 2.75) is 417 Å². The van der Waals surface area contributed by atoms with Crippen molar-refractivity contribution in [2.75, 3.05) is 278 Å². The summed E-state index contributed by atoms with van der Waals surface area (Å²) in [6.07, 6.45) is 20.1. The predicted molar refractivity (Wildman–Crippen MR) is 595 cm³/mol. The van der Waals surface area contributed by atoms with E-state index in [0.29, 0.717) is 85.0 Å². The Balaban J connectivity index is 0.000000744. The molecule has 4 atom stereocenters. The van der Waals surface area contributed by atoms with E-state index in [1.54, 1.807) is 7.05 Å². The fourth-order valence-electron chi connectivity index (χ4n) is 19.9. The van der Waals surface area contributed by atoms with E-state index >= 15 is 0 Å².